The van der Waals surface area contributed by atoms with E-state index in [1.165, 1.54) is 0 Å². The standard InChI is InChI=1S/C7H8O8/c1-2(3(8)9)7(4(10)11,5(12)13)6(14)15/h2H,1H3,(H,8,9)(H,10,11)(H,12,13)(H,14,15)/p-4. The molecule has 15 heavy (non-hydrogen) atoms. The smallest absolute Gasteiger partial charge is 0.0964 e. The second kappa shape index (κ2) is 3.95. The van der Waals surface area contributed by atoms with Gasteiger partial charge in [0.05, 0.1) is 23.3 Å². The van der Waals surface area contributed by atoms with Crippen LogP contribution in [0.2, 0.25) is 0 Å². The Morgan fingerprint density at radius 1 is 0.867 bits per heavy atom. The predicted molar refractivity (Wildman–Crippen MR) is 31.6 cm³/mol. The van der Waals surface area contributed by atoms with Gasteiger partial charge in [-0.05, 0) is 0 Å². The first-order valence-electron chi connectivity index (χ1n) is 3.54. The van der Waals surface area contributed by atoms with Gasteiger partial charge in [-0.2, -0.15) is 0 Å². The topological polar surface area (TPSA) is 161 Å². The zero-order valence-electron chi connectivity index (χ0n) is 7.34. The number of carboxylic acids is 4. The number of carbonyl (C=O) groups is 4. The van der Waals surface area contributed by atoms with Crippen LogP contribution in [0, 0.1) is 11.3 Å². The Labute approximate surface area is 82.8 Å². The van der Waals surface area contributed by atoms with Crippen molar-refractivity contribution in [2.75, 3.05) is 0 Å². The molecule has 0 aliphatic carbocycles. The number of rotatable bonds is 5. The highest BCUT2D eigenvalue weighted by molar-refractivity contribution is 6.16. The molecule has 8 heteroatoms. The van der Waals surface area contributed by atoms with Crippen LogP contribution >= 0.6 is 0 Å². The number of carboxylic acid groups (broad SMARTS) is 4. The van der Waals surface area contributed by atoms with Crippen molar-refractivity contribution in [2.24, 2.45) is 11.3 Å². The van der Waals surface area contributed by atoms with E-state index in [1.54, 1.807) is 0 Å². The molecule has 0 aromatic heterocycles. The van der Waals surface area contributed by atoms with E-state index in [0.29, 0.717) is 6.92 Å². The van der Waals surface area contributed by atoms with Crippen LogP contribution in [0.3, 0.4) is 0 Å². The largest absolute Gasteiger partial charge is 0.550 e. The molecule has 0 rings (SSSR count). The number of aliphatic carboxylic acids is 4. The van der Waals surface area contributed by atoms with E-state index in [4.69, 9.17) is 0 Å². The molecular weight excluding hydrogens is 212 g/mol. The third kappa shape index (κ3) is 1.73. The Morgan fingerprint density at radius 2 is 1.13 bits per heavy atom. The molecule has 1 atom stereocenters. The fourth-order valence-electron chi connectivity index (χ4n) is 0.957. The van der Waals surface area contributed by atoms with Crippen LogP contribution in [-0.2, 0) is 19.2 Å². The van der Waals surface area contributed by atoms with Gasteiger partial charge in [0.15, 0.2) is 0 Å². The number of hydrogen-bond donors (Lipinski definition) is 0. The Hall–Kier alpha value is -2.12. The summed E-state index contributed by atoms with van der Waals surface area (Å²) in [7, 11) is 0. The lowest BCUT2D eigenvalue weighted by atomic mass is 9.76. The monoisotopic (exact) mass is 216 g/mol. The van der Waals surface area contributed by atoms with Gasteiger partial charge in [-0.1, -0.05) is 6.92 Å². The van der Waals surface area contributed by atoms with Gasteiger partial charge in [0, 0.05) is 11.9 Å². The van der Waals surface area contributed by atoms with Crippen molar-refractivity contribution >= 4 is 23.9 Å². The molecule has 0 N–H and O–H groups in total. The lowest BCUT2D eigenvalue weighted by molar-refractivity contribution is -0.370. The summed E-state index contributed by atoms with van der Waals surface area (Å²) in [6, 6.07) is 0. The molecule has 0 spiro atoms. The second-order valence-corrected chi connectivity index (χ2v) is 2.71. The average molecular weight is 216 g/mol. The molecule has 0 heterocycles. The fourth-order valence-corrected chi connectivity index (χ4v) is 0.957. The molecule has 0 fully saturated rings. The first-order chi connectivity index (χ1) is 6.68. The molecule has 0 radical (unpaired) electrons. The molecule has 0 aromatic rings. The molecule has 0 aromatic carbocycles. The van der Waals surface area contributed by atoms with Crippen LogP contribution in [0.15, 0.2) is 0 Å². The average Bonchev–Trinajstić information content (AvgIpc) is 2.02. The zero-order chi connectivity index (χ0) is 12.4. The van der Waals surface area contributed by atoms with Crippen molar-refractivity contribution in [1.29, 1.82) is 0 Å². The van der Waals surface area contributed by atoms with E-state index in [0.717, 1.165) is 0 Å². The van der Waals surface area contributed by atoms with Crippen molar-refractivity contribution in [3.05, 3.63) is 0 Å². The van der Waals surface area contributed by atoms with Gasteiger partial charge in [0.1, 0.15) is 0 Å². The van der Waals surface area contributed by atoms with Crippen molar-refractivity contribution in [3.8, 4) is 0 Å². The summed E-state index contributed by atoms with van der Waals surface area (Å²) in [6.07, 6.45) is 0. The molecule has 8 nitrogen and oxygen atoms in total. The van der Waals surface area contributed by atoms with Gasteiger partial charge in [-0.15, -0.1) is 0 Å². The highest BCUT2D eigenvalue weighted by atomic mass is 16.4. The Bertz CT molecular complexity index is 294. The molecular formula is C7H4O8-4. The van der Waals surface area contributed by atoms with Gasteiger partial charge in [-0.3, -0.25) is 0 Å². The molecule has 0 saturated heterocycles. The van der Waals surface area contributed by atoms with Crippen molar-refractivity contribution in [3.63, 3.8) is 0 Å². The lowest BCUT2D eigenvalue weighted by Crippen LogP contribution is -2.67. The second-order valence-electron chi connectivity index (χ2n) is 2.71. The van der Waals surface area contributed by atoms with E-state index < -0.39 is 35.2 Å². The van der Waals surface area contributed by atoms with Crippen LogP contribution in [0.1, 0.15) is 6.92 Å². The van der Waals surface area contributed by atoms with E-state index in [2.05, 4.69) is 0 Å². The van der Waals surface area contributed by atoms with Gasteiger partial charge in [-0.25, -0.2) is 0 Å². The van der Waals surface area contributed by atoms with Crippen LogP contribution in [0.25, 0.3) is 0 Å². The first kappa shape index (κ1) is 12.9. The van der Waals surface area contributed by atoms with Crippen LogP contribution in [0.5, 0.6) is 0 Å². The van der Waals surface area contributed by atoms with Gasteiger partial charge >= 0.3 is 0 Å². The van der Waals surface area contributed by atoms with E-state index in [1.807, 2.05) is 0 Å². The molecule has 0 aliphatic heterocycles. The maximum Gasteiger partial charge on any atom is 0.0964 e. The minimum absolute atomic E-state index is 0.525. The third-order valence-corrected chi connectivity index (χ3v) is 1.97. The Morgan fingerprint density at radius 3 is 1.20 bits per heavy atom. The number of hydrogen-bond acceptors (Lipinski definition) is 8. The Balaban J connectivity index is 5.75. The SMILES string of the molecule is CC(C(=O)[O-])C(C(=O)[O-])(C(=O)[O-])C(=O)[O-]. The Kier molecular flexibility index (Phi) is 3.39. The fraction of sp³-hybridized carbons (Fsp3) is 0.429. The molecule has 0 bridgehead atoms. The third-order valence-electron chi connectivity index (χ3n) is 1.97. The zero-order valence-corrected chi connectivity index (χ0v) is 7.34. The maximum atomic E-state index is 10.4. The van der Waals surface area contributed by atoms with Crippen LogP contribution in [-0.4, -0.2) is 23.9 Å². The highest BCUT2D eigenvalue weighted by Crippen LogP contribution is 2.26. The molecule has 0 saturated carbocycles. The summed E-state index contributed by atoms with van der Waals surface area (Å²) in [5, 5.41) is 41.5. The molecule has 84 valence electrons. The van der Waals surface area contributed by atoms with E-state index in [-0.39, 0.29) is 0 Å². The van der Waals surface area contributed by atoms with E-state index >= 15 is 0 Å². The van der Waals surface area contributed by atoms with Crippen LogP contribution in [0.4, 0.5) is 0 Å². The lowest BCUT2D eigenvalue weighted by Gasteiger charge is -2.41. The van der Waals surface area contributed by atoms with Crippen LogP contribution < -0.4 is 20.4 Å². The van der Waals surface area contributed by atoms with Gasteiger partial charge in [0.25, 0.3) is 0 Å². The van der Waals surface area contributed by atoms with Crippen molar-refractivity contribution < 1.29 is 39.6 Å². The molecule has 1 unspecified atom stereocenters. The van der Waals surface area contributed by atoms with Crippen molar-refractivity contribution in [1.82, 2.24) is 0 Å². The van der Waals surface area contributed by atoms with Crippen molar-refractivity contribution in [2.45, 2.75) is 6.92 Å². The minimum Gasteiger partial charge on any atom is -0.550 e. The molecule has 0 aliphatic rings. The summed E-state index contributed by atoms with van der Waals surface area (Å²) >= 11 is 0. The van der Waals surface area contributed by atoms with Gasteiger partial charge < -0.3 is 39.6 Å². The summed E-state index contributed by atoms with van der Waals surface area (Å²) in [4.78, 5) is 41.5. The highest BCUT2D eigenvalue weighted by Gasteiger charge is 2.42. The predicted octanol–water partition coefficient (Wildman–Crippen LogP) is -6.39. The number of carbonyl (C=O) groups excluding carboxylic acids is 4. The molecule has 0 amide bonds. The first-order valence-corrected chi connectivity index (χ1v) is 3.54. The quantitative estimate of drug-likeness (QED) is 0.409. The summed E-state index contributed by atoms with van der Waals surface area (Å²) in [5.74, 6) is -12.5. The summed E-state index contributed by atoms with van der Waals surface area (Å²) in [5.41, 5.74) is -3.77. The summed E-state index contributed by atoms with van der Waals surface area (Å²) in [6.45, 7) is 0.525. The summed E-state index contributed by atoms with van der Waals surface area (Å²) < 4.78 is 0. The van der Waals surface area contributed by atoms with Gasteiger partial charge in [0.2, 0.25) is 0 Å². The normalized spacial score (nSPS) is 12.9. The maximum absolute atomic E-state index is 10.4. The minimum atomic E-state index is -3.77. The van der Waals surface area contributed by atoms with E-state index in [9.17, 15) is 39.6 Å².